The van der Waals surface area contributed by atoms with E-state index in [-0.39, 0.29) is 17.0 Å². The van der Waals surface area contributed by atoms with Gasteiger partial charge in [-0.05, 0) is 12.1 Å². The number of hydrogen-bond acceptors (Lipinski definition) is 5. The van der Waals surface area contributed by atoms with E-state index >= 15 is 0 Å². The van der Waals surface area contributed by atoms with Crippen LogP contribution in [0.3, 0.4) is 0 Å². The molecule has 1 aromatic carbocycles. The second-order valence-corrected chi connectivity index (χ2v) is 6.23. The number of fused-ring (bicyclic) bond motifs is 1. The van der Waals surface area contributed by atoms with Crippen LogP contribution in [0.1, 0.15) is 5.56 Å². The molecule has 1 fully saturated rings. The van der Waals surface area contributed by atoms with Crippen molar-refractivity contribution in [1.82, 2.24) is 10.0 Å². The molecule has 3 rings (SSSR count). The molecule has 2 atom stereocenters. The summed E-state index contributed by atoms with van der Waals surface area (Å²) < 4.78 is 31.7. The lowest BCUT2D eigenvalue weighted by atomic mass is 10.2. The van der Waals surface area contributed by atoms with Gasteiger partial charge < -0.3 is 10.1 Å². The van der Waals surface area contributed by atoms with Crippen molar-refractivity contribution in [3.05, 3.63) is 29.8 Å². The fourth-order valence-corrected chi connectivity index (χ4v) is 3.64. The van der Waals surface area contributed by atoms with Crippen molar-refractivity contribution in [2.75, 3.05) is 20.2 Å². The molecule has 19 heavy (non-hydrogen) atoms. The summed E-state index contributed by atoms with van der Waals surface area (Å²) in [4.78, 5) is 4.79. The molecule has 0 bridgehead atoms. The van der Waals surface area contributed by atoms with E-state index in [0.717, 1.165) is 6.54 Å². The molecular formula is C12H15N3O3S. The van der Waals surface area contributed by atoms with Gasteiger partial charge in [-0.15, -0.1) is 0 Å². The van der Waals surface area contributed by atoms with Crippen LogP contribution in [0.2, 0.25) is 0 Å². The number of ether oxygens (including phenoxy) is 1. The second kappa shape index (κ2) is 4.59. The summed E-state index contributed by atoms with van der Waals surface area (Å²) in [5.41, 5.74) is 0.629. The van der Waals surface area contributed by atoms with Crippen LogP contribution in [0, 0.1) is 0 Å². The van der Waals surface area contributed by atoms with Crippen molar-refractivity contribution in [3.63, 3.8) is 0 Å². The fourth-order valence-electron chi connectivity index (χ4n) is 2.41. The summed E-state index contributed by atoms with van der Waals surface area (Å²) in [5.74, 6) is 0.409. The number of aliphatic imine (C=N–C) groups is 1. The average molecular weight is 281 g/mol. The van der Waals surface area contributed by atoms with Gasteiger partial charge in [-0.1, -0.05) is 12.1 Å². The van der Waals surface area contributed by atoms with Gasteiger partial charge in [-0.2, -0.15) is 0 Å². The molecule has 7 heteroatoms. The summed E-state index contributed by atoms with van der Waals surface area (Å²) in [6.45, 7) is 1.41. The molecular weight excluding hydrogens is 266 g/mol. The van der Waals surface area contributed by atoms with Crippen molar-refractivity contribution < 1.29 is 13.2 Å². The van der Waals surface area contributed by atoms with Crippen LogP contribution < -0.4 is 10.0 Å². The number of amidine groups is 1. The standard InChI is InChI=1S/C12H15N3O3S/c1-18-10-7-13-6-9(10)14-12-8-4-2-3-5-11(8)19(16,17)15-12/h2-5,9-10,13H,6-7H2,1H3,(H,14,15)/t9?,10-/m0/s1. The van der Waals surface area contributed by atoms with Crippen LogP contribution in [0.15, 0.2) is 34.2 Å². The third kappa shape index (κ3) is 2.13. The van der Waals surface area contributed by atoms with E-state index in [4.69, 9.17) is 4.74 Å². The van der Waals surface area contributed by atoms with Crippen LogP contribution in [0.25, 0.3) is 0 Å². The first kappa shape index (κ1) is 12.6. The van der Waals surface area contributed by atoms with E-state index in [1.807, 2.05) is 0 Å². The number of nitrogens with zero attached hydrogens (tertiary/aromatic N) is 1. The molecule has 1 aromatic rings. The molecule has 102 valence electrons. The Hall–Kier alpha value is -1.44. The average Bonchev–Trinajstić information content (AvgIpc) is 2.94. The Labute approximate surface area is 111 Å². The van der Waals surface area contributed by atoms with Gasteiger partial charge in [0.25, 0.3) is 10.0 Å². The quantitative estimate of drug-likeness (QED) is 0.781. The molecule has 0 saturated carbocycles. The summed E-state index contributed by atoms with van der Waals surface area (Å²) >= 11 is 0. The van der Waals surface area contributed by atoms with Gasteiger partial charge >= 0.3 is 0 Å². The maximum Gasteiger partial charge on any atom is 0.263 e. The van der Waals surface area contributed by atoms with Gasteiger partial charge in [-0.3, -0.25) is 9.71 Å². The van der Waals surface area contributed by atoms with E-state index < -0.39 is 10.0 Å². The third-order valence-corrected chi connectivity index (χ3v) is 4.79. The van der Waals surface area contributed by atoms with Gasteiger partial charge in [0, 0.05) is 25.8 Å². The molecule has 0 spiro atoms. The van der Waals surface area contributed by atoms with Crippen LogP contribution in [0.5, 0.6) is 0 Å². The zero-order valence-electron chi connectivity index (χ0n) is 10.5. The lowest BCUT2D eigenvalue weighted by molar-refractivity contribution is 0.107. The largest absolute Gasteiger partial charge is 0.378 e. The fraction of sp³-hybridized carbons (Fsp3) is 0.417. The van der Waals surface area contributed by atoms with Gasteiger partial charge in [-0.25, -0.2) is 8.42 Å². The molecule has 2 heterocycles. The Balaban J connectivity index is 2.00. The maximum atomic E-state index is 11.9. The molecule has 0 amide bonds. The highest BCUT2D eigenvalue weighted by Crippen LogP contribution is 2.23. The van der Waals surface area contributed by atoms with Crippen molar-refractivity contribution in [2.45, 2.75) is 17.0 Å². The van der Waals surface area contributed by atoms with Crippen molar-refractivity contribution >= 4 is 15.9 Å². The SMILES string of the molecule is CO[C@H]1CNCC1N=C1NS(=O)(=O)c2ccccc21. The summed E-state index contributed by atoms with van der Waals surface area (Å²) in [6, 6.07) is 6.78. The van der Waals surface area contributed by atoms with Crippen LogP contribution in [-0.2, 0) is 14.8 Å². The first-order chi connectivity index (χ1) is 9.12. The minimum atomic E-state index is -3.46. The van der Waals surface area contributed by atoms with Crippen LogP contribution >= 0.6 is 0 Å². The molecule has 6 nitrogen and oxygen atoms in total. The first-order valence-corrected chi connectivity index (χ1v) is 7.53. The number of rotatable bonds is 2. The smallest absolute Gasteiger partial charge is 0.263 e. The summed E-state index contributed by atoms with van der Waals surface area (Å²) in [6.07, 6.45) is -0.0234. The lowest BCUT2D eigenvalue weighted by Crippen LogP contribution is -2.29. The van der Waals surface area contributed by atoms with Crippen molar-refractivity contribution in [1.29, 1.82) is 0 Å². The van der Waals surface area contributed by atoms with Crippen LogP contribution in [0.4, 0.5) is 0 Å². The zero-order valence-corrected chi connectivity index (χ0v) is 11.3. The summed E-state index contributed by atoms with van der Waals surface area (Å²) in [5, 5.41) is 3.18. The lowest BCUT2D eigenvalue weighted by Gasteiger charge is -2.13. The number of sulfonamides is 1. The monoisotopic (exact) mass is 281 g/mol. The van der Waals surface area contributed by atoms with Gasteiger partial charge in [0.15, 0.2) is 0 Å². The second-order valence-electron chi connectivity index (χ2n) is 4.58. The zero-order chi connectivity index (χ0) is 13.5. The first-order valence-electron chi connectivity index (χ1n) is 6.05. The van der Waals surface area contributed by atoms with E-state index in [0.29, 0.717) is 17.9 Å². The highest BCUT2D eigenvalue weighted by Gasteiger charge is 2.33. The van der Waals surface area contributed by atoms with Crippen molar-refractivity contribution in [2.24, 2.45) is 4.99 Å². The predicted molar refractivity (Wildman–Crippen MR) is 70.8 cm³/mol. The molecule has 0 aromatic heterocycles. The maximum absolute atomic E-state index is 11.9. The normalized spacial score (nSPS) is 30.3. The van der Waals surface area contributed by atoms with E-state index in [1.165, 1.54) is 0 Å². The number of hydrogen-bond donors (Lipinski definition) is 2. The Morgan fingerprint density at radius 1 is 1.32 bits per heavy atom. The molecule has 2 aliphatic heterocycles. The summed E-state index contributed by atoms with van der Waals surface area (Å²) in [7, 11) is -1.83. The highest BCUT2D eigenvalue weighted by atomic mass is 32.2. The van der Waals surface area contributed by atoms with Crippen LogP contribution in [-0.4, -0.2) is 46.6 Å². The number of nitrogens with one attached hydrogen (secondary N) is 2. The number of methoxy groups -OCH3 is 1. The predicted octanol–water partition coefficient (Wildman–Crippen LogP) is -0.288. The van der Waals surface area contributed by atoms with Gasteiger partial charge in [0.1, 0.15) is 5.84 Å². The number of benzene rings is 1. The Morgan fingerprint density at radius 2 is 2.11 bits per heavy atom. The topological polar surface area (TPSA) is 79.8 Å². The molecule has 1 unspecified atom stereocenters. The van der Waals surface area contributed by atoms with E-state index in [1.54, 1.807) is 31.4 Å². The Morgan fingerprint density at radius 3 is 2.89 bits per heavy atom. The van der Waals surface area contributed by atoms with Crippen molar-refractivity contribution in [3.8, 4) is 0 Å². The molecule has 0 aliphatic carbocycles. The van der Waals surface area contributed by atoms with Gasteiger partial charge in [0.05, 0.1) is 17.0 Å². The van der Waals surface area contributed by atoms with E-state index in [2.05, 4.69) is 15.0 Å². The molecule has 0 radical (unpaired) electrons. The molecule has 2 aliphatic rings. The highest BCUT2D eigenvalue weighted by molar-refractivity contribution is 7.90. The third-order valence-electron chi connectivity index (χ3n) is 3.39. The molecule has 1 saturated heterocycles. The minimum Gasteiger partial charge on any atom is -0.378 e. The minimum absolute atomic E-state index is 0.0234. The Bertz CT molecular complexity index is 627. The Kier molecular flexibility index (Phi) is 3.04. The van der Waals surface area contributed by atoms with E-state index in [9.17, 15) is 8.42 Å². The molecule has 2 N–H and O–H groups in total. The van der Waals surface area contributed by atoms with Gasteiger partial charge in [0.2, 0.25) is 0 Å².